The number of phenols is 1. The van der Waals surface area contributed by atoms with Gasteiger partial charge in [-0.25, -0.2) is 0 Å². The van der Waals surface area contributed by atoms with Crippen molar-refractivity contribution in [3.05, 3.63) is 76.5 Å². The van der Waals surface area contributed by atoms with E-state index in [4.69, 9.17) is 4.99 Å². The van der Waals surface area contributed by atoms with Gasteiger partial charge in [0.2, 0.25) is 0 Å². The molecule has 0 radical (unpaired) electrons. The first-order valence-electron chi connectivity index (χ1n) is 7.46. The molecule has 1 atom stereocenters. The average Bonchev–Trinajstić information content (AvgIpc) is 3.03. The van der Waals surface area contributed by atoms with Crippen molar-refractivity contribution in [1.29, 1.82) is 0 Å². The first kappa shape index (κ1) is 14.5. The molecule has 1 N–H and O–H groups in total. The van der Waals surface area contributed by atoms with Gasteiger partial charge in [-0.05, 0) is 29.6 Å². The molecule has 2 nitrogen and oxygen atoms in total. The Balaban J connectivity index is 1.82. The zero-order chi connectivity index (χ0) is 15.6. The molecule has 23 heavy (non-hydrogen) atoms. The predicted molar refractivity (Wildman–Crippen MR) is 98.3 cm³/mol. The number of aliphatic imine (C=N–C) groups is 1. The Hall–Kier alpha value is -2.04. The third kappa shape index (κ3) is 2.92. The van der Waals surface area contributed by atoms with Crippen molar-refractivity contribution in [3.8, 4) is 5.75 Å². The Morgan fingerprint density at radius 2 is 1.78 bits per heavy atom. The van der Waals surface area contributed by atoms with Crippen LogP contribution in [0.2, 0.25) is 0 Å². The standard InChI is InChI=1S/C19H15NOS2/c21-16-8-3-1-6-13(16)19-12-15(17-10-5-11-22-17)20-14-7-2-4-9-18(14)23-19/h1-11,19,21H,12H2/t19-/m0/s1. The molecule has 0 aliphatic carbocycles. The summed E-state index contributed by atoms with van der Waals surface area (Å²) in [6, 6.07) is 20.0. The van der Waals surface area contributed by atoms with Crippen LogP contribution in [-0.4, -0.2) is 10.8 Å². The van der Waals surface area contributed by atoms with Gasteiger partial charge in [-0.3, -0.25) is 4.99 Å². The largest absolute Gasteiger partial charge is 0.508 e. The van der Waals surface area contributed by atoms with Gasteiger partial charge in [-0.15, -0.1) is 23.1 Å². The molecule has 1 aliphatic rings. The highest BCUT2D eigenvalue weighted by atomic mass is 32.2. The van der Waals surface area contributed by atoms with Crippen molar-refractivity contribution >= 4 is 34.5 Å². The van der Waals surface area contributed by atoms with Crippen LogP contribution < -0.4 is 0 Å². The van der Waals surface area contributed by atoms with Crippen molar-refractivity contribution in [2.45, 2.75) is 16.6 Å². The minimum Gasteiger partial charge on any atom is -0.508 e. The highest BCUT2D eigenvalue weighted by Gasteiger charge is 2.24. The van der Waals surface area contributed by atoms with Crippen LogP contribution in [0.25, 0.3) is 0 Å². The number of aromatic hydroxyl groups is 1. The van der Waals surface area contributed by atoms with E-state index in [1.54, 1.807) is 29.2 Å². The van der Waals surface area contributed by atoms with Crippen molar-refractivity contribution < 1.29 is 5.11 Å². The molecule has 1 aromatic heterocycles. The molecular weight excluding hydrogens is 322 g/mol. The number of thioether (sulfide) groups is 1. The number of thiophene rings is 1. The number of phenolic OH excluding ortho intramolecular Hbond substituents is 1. The van der Waals surface area contributed by atoms with Gasteiger partial charge in [0.05, 0.1) is 11.4 Å². The normalized spacial score (nSPS) is 17.2. The van der Waals surface area contributed by atoms with Gasteiger partial charge in [0.25, 0.3) is 0 Å². The van der Waals surface area contributed by atoms with E-state index in [-0.39, 0.29) is 5.25 Å². The summed E-state index contributed by atoms with van der Waals surface area (Å²) in [4.78, 5) is 7.27. The smallest absolute Gasteiger partial charge is 0.119 e. The van der Waals surface area contributed by atoms with E-state index in [1.807, 2.05) is 30.3 Å². The van der Waals surface area contributed by atoms with Crippen molar-refractivity contribution in [3.63, 3.8) is 0 Å². The van der Waals surface area contributed by atoms with Gasteiger partial charge in [-0.2, -0.15) is 0 Å². The summed E-state index contributed by atoms with van der Waals surface area (Å²) in [5.74, 6) is 0.356. The van der Waals surface area contributed by atoms with Crippen LogP contribution >= 0.6 is 23.1 Å². The quantitative estimate of drug-likeness (QED) is 0.640. The molecule has 114 valence electrons. The van der Waals surface area contributed by atoms with E-state index in [2.05, 4.69) is 29.6 Å². The summed E-state index contributed by atoms with van der Waals surface area (Å²) in [7, 11) is 0. The molecule has 3 aromatic rings. The number of hydrogen-bond acceptors (Lipinski definition) is 4. The Morgan fingerprint density at radius 1 is 0.957 bits per heavy atom. The summed E-state index contributed by atoms with van der Waals surface area (Å²) in [6.07, 6.45) is 0.803. The highest BCUT2D eigenvalue weighted by molar-refractivity contribution is 7.99. The van der Waals surface area contributed by atoms with E-state index in [1.165, 1.54) is 4.88 Å². The third-order valence-electron chi connectivity index (χ3n) is 3.86. The fourth-order valence-corrected chi connectivity index (χ4v) is 4.73. The van der Waals surface area contributed by atoms with Crippen molar-refractivity contribution in [2.24, 2.45) is 4.99 Å². The predicted octanol–water partition coefficient (Wildman–Crippen LogP) is 5.81. The van der Waals surface area contributed by atoms with Crippen molar-refractivity contribution in [1.82, 2.24) is 0 Å². The van der Waals surface area contributed by atoms with Gasteiger partial charge in [0.1, 0.15) is 5.75 Å². The molecule has 2 aromatic carbocycles. The van der Waals surface area contributed by atoms with Crippen LogP contribution in [0.3, 0.4) is 0 Å². The first-order valence-corrected chi connectivity index (χ1v) is 9.22. The number of hydrogen-bond donors (Lipinski definition) is 1. The minimum atomic E-state index is 0.153. The van der Waals surface area contributed by atoms with Crippen LogP contribution in [0.4, 0.5) is 5.69 Å². The number of rotatable bonds is 2. The maximum absolute atomic E-state index is 10.3. The SMILES string of the molecule is Oc1ccccc1[C@@H]1CC(c2cccs2)=Nc2ccccc2S1. The van der Waals surface area contributed by atoms with Gasteiger partial charge < -0.3 is 5.11 Å². The highest BCUT2D eigenvalue weighted by Crippen LogP contribution is 2.47. The maximum atomic E-state index is 10.3. The Bertz CT molecular complexity index is 855. The molecule has 0 saturated carbocycles. The van der Waals surface area contributed by atoms with Crippen LogP contribution in [0.5, 0.6) is 5.75 Å². The summed E-state index contributed by atoms with van der Waals surface area (Å²) < 4.78 is 0. The summed E-state index contributed by atoms with van der Waals surface area (Å²) in [5.41, 5.74) is 3.07. The molecule has 4 heteroatoms. The molecule has 4 rings (SSSR count). The molecular formula is C19H15NOS2. The van der Waals surface area contributed by atoms with E-state index < -0.39 is 0 Å². The molecule has 0 bridgehead atoms. The van der Waals surface area contributed by atoms with E-state index in [9.17, 15) is 5.11 Å². The summed E-state index contributed by atoms with van der Waals surface area (Å²) in [5, 5.41) is 12.5. The van der Waals surface area contributed by atoms with Gasteiger partial charge in [0.15, 0.2) is 0 Å². The second-order valence-corrected chi connectivity index (χ2v) is 7.57. The molecule has 0 unspecified atom stereocenters. The molecule has 0 fully saturated rings. The lowest BCUT2D eigenvalue weighted by Gasteiger charge is -2.16. The average molecular weight is 337 g/mol. The van der Waals surface area contributed by atoms with Crippen LogP contribution in [0.1, 0.15) is 22.1 Å². The van der Waals surface area contributed by atoms with Crippen LogP contribution in [-0.2, 0) is 0 Å². The van der Waals surface area contributed by atoms with Crippen molar-refractivity contribution in [2.75, 3.05) is 0 Å². The van der Waals surface area contributed by atoms with E-state index >= 15 is 0 Å². The Kier molecular flexibility index (Phi) is 3.93. The topological polar surface area (TPSA) is 32.6 Å². The molecule has 0 amide bonds. The lowest BCUT2D eigenvalue weighted by molar-refractivity contribution is 0.468. The summed E-state index contributed by atoms with van der Waals surface area (Å²) in [6.45, 7) is 0. The zero-order valence-corrected chi connectivity index (χ0v) is 14.0. The number of nitrogens with zero attached hydrogens (tertiary/aromatic N) is 1. The molecule has 0 spiro atoms. The van der Waals surface area contributed by atoms with Gasteiger partial charge in [0, 0.05) is 27.0 Å². The van der Waals surface area contributed by atoms with Gasteiger partial charge in [-0.1, -0.05) is 36.4 Å². The monoisotopic (exact) mass is 337 g/mol. The number of benzene rings is 2. The second kappa shape index (κ2) is 6.22. The number of para-hydroxylation sites is 2. The van der Waals surface area contributed by atoms with Crippen LogP contribution in [0.15, 0.2) is 75.9 Å². The van der Waals surface area contributed by atoms with E-state index in [0.717, 1.165) is 28.3 Å². The van der Waals surface area contributed by atoms with E-state index in [0.29, 0.717) is 5.75 Å². The Morgan fingerprint density at radius 3 is 2.61 bits per heavy atom. The molecule has 0 saturated heterocycles. The lowest BCUT2D eigenvalue weighted by atomic mass is 10.0. The fraction of sp³-hybridized carbons (Fsp3) is 0.105. The fourth-order valence-electron chi connectivity index (χ4n) is 2.74. The second-order valence-electron chi connectivity index (χ2n) is 5.37. The lowest BCUT2D eigenvalue weighted by Crippen LogP contribution is -2.03. The molecule has 2 heterocycles. The van der Waals surface area contributed by atoms with Gasteiger partial charge >= 0.3 is 0 Å². The Labute approximate surface area is 143 Å². The minimum absolute atomic E-state index is 0.153. The zero-order valence-electron chi connectivity index (χ0n) is 12.3. The maximum Gasteiger partial charge on any atom is 0.119 e. The molecule has 1 aliphatic heterocycles. The summed E-state index contributed by atoms with van der Waals surface area (Å²) >= 11 is 3.49. The van der Waals surface area contributed by atoms with Crippen LogP contribution in [0, 0.1) is 0 Å². The third-order valence-corrected chi connectivity index (χ3v) is 6.08. The first-order chi connectivity index (χ1) is 11.3. The number of fused-ring (bicyclic) bond motifs is 1.